The Bertz CT molecular complexity index is 784. The van der Waals surface area contributed by atoms with Crippen LogP contribution in [0.1, 0.15) is 43.0 Å². The summed E-state index contributed by atoms with van der Waals surface area (Å²) in [7, 11) is 0. The average Bonchev–Trinajstić information content (AvgIpc) is 3.15. The fourth-order valence-corrected chi connectivity index (χ4v) is 4.33. The van der Waals surface area contributed by atoms with Gasteiger partial charge in [-0.15, -0.1) is 11.8 Å². The molecule has 0 atom stereocenters. The molecule has 2 aromatic rings. The maximum atomic E-state index is 12.3. The Hall–Kier alpha value is -2.27. The second kappa shape index (κ2) is 8.90. The fraction of sp³-hybridized carbons (Fsp3) is 0.333. The maximum Gasteiger partial charge on any atom is 0.262 e. The van der Waals surface area contributed by atoms with Crippen LogP contribution in [0.15, 0.2) is 53.4 Å². The third-order valence-electron chi connectivity index (χ3n) is 4.37. The number of ketones is 1. The Labute approximate surface area is 158 Å². The summed E-state index contributed by atoms with van der Waals surface area (Å²) in [5, 5.41) is 3.58. The SMILES string of the molecule is CC(=O)c1cccc(OCC(=O)Nc2ccccc2SC2CCCC2)c1. The molecule has 2 aromatic carbocycles. The van der Waals surface area contributed by atoms with Gasteiger partial charge in [0.05, 0.1) is 5.69 Å². The Morgan fingerprint density at radius 1 is 1.12 bits per heavy atom. The van der Waals surface area contributed by atoms with Gasteiger partial charge in [0.1, 0.15) is 5.75 Å². The molecule has 1 aliphatic carbocycles. The molecule has 136 valence electrons. The van der Waals surface area contributed by atoms with Crippen LogP contribution in [0.4, 0.5) is 5.69 Å². The van der Waals surface area contributed by atoms with Crippen molar-refractivity contribution in [3.63, 3.8) is 0 Å². The van der Waals surface area contributed by atoms with E-state index >= 15 is 0 Å². The van der Waals surface area contributed by atoms with Crippen LogP contribution in [0.25, 0.3) is 0 Å². The average molecular weight is 369 g/mol. The van der Waals surface area contributed by atoms with Crippen molar-refractivity contribution in [1.29, 1.82) is 0 Å². The van der Waals surface area contributed by atoms with E-state index in [9.17, 15) is 9.59 Å². The molecule has 4 nitrogen and oxygen atoms in total. The number of hydrogen-bond acceptors (Lipinski definition) is 4. The fourth-order valence-electron chi connectivity index (χ4n) is 3.00. The third kappa shape index (κ3) is 5.11. The number of anilines is 1. The summed E-state index contributed by atoms with van der Waals surface area (Å²) in [5.74, 6) is 0.275. The van der Waals surface area contributed by atoms with E-state index in [1.165, 1.54) is 32.6 Å². The second-order valence-electron chi connectivity index (χ2n) is 6.44. The summed E-state index contributed by atoms with van der Waals surface area (Å²) in [6.07, 6.45) is 5.06. The van der Waals surface area contributed by atoms with Crippen LogP contribution in [0.5, 0.6) is 5.75 Å². The van der Waals surface area contributed by atoms with Crippen molar-refractivity contribution in [3.05, 3.63) is 54.1 Å². The van der Waals surface area contributed by atoms with Crippen LogP contribution in [-0.2, 0) is 4.79 Å². The predicted octanol–water partition coefficient (Wildman–Crippen LogP) is 4.94. The summed E-state index contributed by atoms with van der Waals surface area (Å²) >= 11 is 1.85. The molecule has 26 heavy (non-hydrogen) atoms. The summed E-state index contributed by atoms with van der Waals surface area (Å²) in [6.45, 7) is 1.41. The Morgan fingerprint density at radius 2 is 1.88 bits per heavy atom. The van der Waals surface area contributed by atoms with E-state index in [1.54, 1.807) is 24.3 Å². The van der Waals surface area contributed by atoms with Crippen LogP contribution >= 0.6 is 11.8 Å². The zero-order valence-corrected chi connectivity index (χ0v) is 15.7. The van der Waals surface area contributed by atoms with Gasteiger partial charge in [0.25, 0.3) is 5.91 Å². The summed E-state index contributed by atoms with van der Waals surface area (Å²) in [5.41, 5.74) is 1.40. The first-order valence-electron chi connectivity index (χ1n) is 8.91. The van der Waals surface area contributed by atoms with Crippen LogP contribution in [0, 0.1) is 0 Å². The second-order valence-corrected chi connectivity index (χ2v) is 7.78. The van der Waals surface area contributed by atoms with Crippen molar-refractivity contribution >= 4 is 29.1 Å². The quantitative estimate of drug-likeness (QED) is 0.702. The first-order chi connectivity index (χ1) is 12.6. The van der Waals surface area contributed by atoms with Gasteiger partial charge in [0, 0.05) is 15.7 Å². The van der Waals surface area contributed by atoms with Crippen molar-refractivity contribution in [2.45, 2.75) is 42.8 Å². The molecule has 1 saturated carbocycles. The number of ether oxygens (including phenoxy) is 1. The van der Waals surface area contributed by atoms with Gasteiger partial charge in [-0.3, -0.25) is 9.59 Å². The highest BCUT2D eigenvalue weighted by Crippen LogP contribution is 2.37. The van der Waals surface area contributed by atoms with Gasteiger partial charge in [0.15, 0.2) is 12.4 Å². The van der Waals surface area contributed by atoms with Gasteiger partial charge in [-0.05, 0) is 44.0 Å². The Kier molecular flexibility index (Phi) is 6.34. The molecule has 0 heterocycles. The van der Waals surface area contributed by atoms with Crippen molar-refractivity contribution in [1.82, 2.24) is 0 Å². The summed E-state index contributed by atoms with van der Waals surface area (Å²) in [4.78, 5) is 24.8. The number of Topliss-reactive ketones (excluding diaryl/α,β-unsaturated/α-hetero) is 1. The molecule has 0 radical (unpaired) electrons. The number of carbonyl (C=O) groups is 2. The maximum absolute atomic E-state index is 12.3. The highest BCUT2D eigenvalue weighted by Gasteiger charge is 2.18. The number of hydrogen-bond donors (Lipinski definition) is 1. The lowest BCUT2D eigenvalue weighted by molar-refractivity contribution is -0.118. The topological polar surface area (TPSA) is 55.4 Å². The molecule has 0 unspecified atom stereocenters. The number of thioether (sulfide) groups is 1. The minimum absolute atomic E-state index is 0.0298. The van der Waals surface area contributed by atoms with Crippen molar-refractivity contribution < 1.29 is 14.3 Å². The molecule has 0 aromatic heterocycles. The summed E-state index contributed by atoms with van der Waals surface area (Å²) in [6, 6.07) is 14.8. The predicted molar refractivity (Wildman–Crippen MR) is 105 cm³/mol. The van der Waals surface area contributed by atoms with E-state index in [0.717, 1.165) is 10.6 Å². The van der Waals surface area contributed by atoms with Crippen molar-refractivity contribution in [3.8, 4) is 5.75 Å². The van der Waals surface area contributed by atoms with Crippen LogP contribution in [-0.4, -0.2) is 23.5 Å². The third-order valence-corrected chi connectivity index (χ3v) is 5.78. The molecule has 0 bridgehead atoms. The van der Waals surface area contributed by atoms with Crippen molar-refractivity contribution in [2.24, 2.45) is 0 Å². The zero-order valence-electron chi connectivity index (χ0n) is 14.9. The lowest BCUT2D eigenvalue weighted by Gasteiger charge is -2.14. The van der Waals surface area contributed by atoms with E-state index in [2.05, 4.69) is 11.4 Å². The molecule has 0 saturated heterocycles. The zero-order chi connectivity index (χ0) is 18.4. The standard InChI is InChI=1S/C21H23NO3S/c1-15(23)16-7-6-8-17(13-16)25-14-21(24)22-19-11-4-5-12-20(19)26-18-9-2-3-10-18/h4-8,11-13,18H,2-3,9-10,14H2,1H3,(H,22,24). The molecule has 5 heteroatoms. The molecule has 1 aliphatic rings. The highest BCUT2D eigenvalue weighted by atomic mass is 32.2. The van der Waals surface area contributed by atoms with Gasteiger partial charge in [-0.1, -0.05) is 37.1 Å². The van der Waals surface area contributed by atoms with Gasteiger partial charge < -0.3 is 10.1 Å². The van der Waals surface area contributed by atoms with Crippen molar-refractivity contribution in [2.75, 3.05) is 11.9 Å². The number of benzene rings is 2. The van der Waals surface area contributed by atoms with Gasteiger partial charge in [0.2, 0.25) is 0 Å². The largest absolute Gasteiger partial charge is 0.484 e. The lowest BCUT2D eigenvalue weighted by Crippen LogP contribution is -2.20. The monoisotopic (exact) mass is 369 g/mol. The van der Waals surface area contributed by atoms with Gasteiger partial charge >= 0.3 is 0 Å². The van der Waals surface area contributed by atoms with E-state index in [4.69, 9.17) is 4.74 Å². The summed E-state index contributed by atoms with van der Waals surface area (Å²) < 4.78 is 5.53. The number of nitrogens with one attached hydrogen (secondary N) is 1. The molecule has 0 aliphatic heterocycles. The van der Waals surface area contributed by atoms with E-state index in [0.29, 0.717) is 16.6 Å². The molecule has 1 fully saturated rings. The van der Waals surface area contributed by atoms with E-state index < -0.39 is 0 Å². The van der Waals surface area contributed by atoms with Gasteiger partial charge in [-0.25, -0.2) is 0 Å². The molecular weight excluding hydrogens is 346 g/mol. The van der Waals surface area contributed by atoms with Crippen LogP contribution in [0.3, 0.4) is 0 Å². The Balaban J connectivity index is 1.58. The van der Waals surface area contributed by atoms with Gasteiger partial charge in [-0.2, -0.15) is 0 Å². The van der Waals surface area contributed by atoms with E-state index in [1.807, 2.05) is 30.0 Å². The smallest absolute Gasteiger partial charge is 0.262 e. The molecule has 1 amide bonds. The van der Waals surface area contributed by atoms with Crippen LogP contribution in [0.2, 0.25) is 0 Å². The van der Waals surface area contributed by atoms with Crippen LogP contribution < -0.4 is 10.1 Å². The number of para-hydroxylation sites is 1. The normalized spacial score (nSPS) is 14.2. The minimum atomic E-state index is -0.210. The molecule has 0 spiro atoms. The van der Waals surface area contributed by atoms with E-state index in [-0.39, 0.29) is 18.3 Å². The molecule has 3 rings (SSSR count). The number of rotatable bonds is 7. The molecule has 1 N–H and O–H groups in total. The number of carbonyl (C=O) groups excluding carboxylic acids is 2. The molecular formula is C21H23NO3S. The number of amides is 1. The minimum Gasteiger partial charge on any atom is -0.484 e. The Morgan fingerprint density at radius 3 is 2.65 bits per heavy atom. The highest BCUT2D eigenvalue weighted by molar-refractivity contribution is 8.00. The first-order valence-corrected chi connectivity index (χ1v) is 9.79. The first kappa shape index (κ1) is 18.5. The lowest BCUT2D eigenvalue weighted by atomic mass is 10.1.